The van der Waals surface area contributed by atoms with Crippen LogP contribution in [0.1, 0.15) is 37.4 Å². The second-order valence-electron chi connectivity index (χ2n) is 7.56. The summed E-state index contributed by atoms with van der Waals surface area (Å²) in [7, 11) is 2.90. The van der Waals surface area contributed by atoms with Crippen molar-refractivity contribution in [2.45, 2.75) is 6.92 Å². The molecule has 0 fully saturated rings. The summed E-state index contributed by atoms with van der Waals surface area (Å²) in [5.74, 6) is -0.913. The Bertz CT molecular complexity index is 1280. The summed E-state index contributed by atoms with van der Waals surface area (Å²) in [4.78, 5) is 37.1. The standard InChI is InChI=1S/C26H23N3O4/c1-15-13-20-21(14-19(15)26(32)33-3)29-25(31)22(20)23(16-7-5-4-6-8-16)28-18-11-9-17(10-12-18)24(30)27-2/h4-14,28H,1-3H3,(H,27,30)(H,29,31)/b23-22-. The maximum atomic E-state index is 13.1. The van der Waals surface area contributed by atoms with E-state index in [0.29, 0.717) is 39.2 Å². The summed E-state index contributed by atoms with van der Waals surface area (Å²) < 4.78 is 4.86. The molecule has 0 radical (unpaired) electrons. The van der Waals surface area contributed by atoms with Crippen LogP contribution < -0.4 is 16.0 Å². The lowest BCUT2D eigenvalue weighted by Gasteiger charge is -2.15. The molecule has 0 atom stereocenters. The zero-order chi connectivity index (χ0) is 23.5. The van der Waals surface area contributed by atoms with E-state index in [1.54, 1.807) is 44.3 Å². The molecule has 0 saturated heterocycles. The van der Waals surface area contributed by atoms with Crippen LogP contribution in [0.5, 0.6) is 0 Å². The third-order valence-corrected chi connectivity index (χ3v) is 5.47. The summed E-state index contributed by atoms with van der Waals surface area (Å²) in [5.41, 5.74) is 5.50. The molecule has 2 amide bonds. The number of hydrogen-bond acceptors (Lipinski definition) is 5. The Labute approximate surface area is 191 Å². The van der Waals surface area contributed by atoms with Gasteiger partial charge in [0.2, 0.25) is 0 Å². The lowest BCUT2D eigenvalue weighted by atomic mass is 9.96. The Balaban J connectivity index is 1.84. The highest BCUT2D eigenvalue weighted by molar-refractivity contribution is 6.37. The van der Waals surface area contributed by atoms with Gasteiger partial charge in [0.05, 0.1) is 29.6 Å². The first-order valence-corrected chi connectivity index (χ1v) is 10.4. The molecule has 3 N–H and O–H groups in total. The number of esters is 1. The highest BCUT2D eigenvalue weighted by atomic mass is 16.5. The Hall–Kier alpha value is -4.39. The van der Waals surface area contributed by atoms with Crippen molar-refractivity contribution in [3.8, 4) is 0 Å². The van der Waals surface area contributed by atoms with Crippen molar-refractivity contribution in [2.75, 3.05) is 24.8 Å². The first-order chi connectivity index (χ1) is 15.9. The molecule has 7 heteroatoms. The summed E-state index contributed by atoms with van der Waals surface area (Å²) in [6, 6.07) is 20.0. The molecule has 0 spiro atoms. The molecule has 1 heterocycles. The van der Waals surface area contributed by atoms with E-state index in [4.69, 9.17) is 4.74 Å². The van der Waals surface area contributed by atoms with Gasteiger partial charge in [-0.1, -0.05) is 30.3 Å². The van der Waals surface area contributed by atoms with E-state index in [1.807, 2.05) is 36.4 Å². The van der Waals surface area contributed by atoms with Gasteiger partial charge in [-0.3, -0.25) is 9.59 Å². The Morgan fingerprint density at radius 3 is 2.27 bits per heavy atom. The fourth-order valence-electron chi connectivity index (χ4n) is 3.78. The number of carbonyl (C=O) groups excluding carboxylic acids is 3. The van der Waals surface area contributed by atoms with E-state index in [0.717, 1.165) is 11.3 Å². The molecule has 166 valence electrons. The molecule has 4 rings (SSSR count). The smallest absolute Gasteiger partial charge is 0.338 e. The molecule has 3 aromatic carbocycles. The van der Waals surface area contributed by atoms with Crippen LogP contribution in [-0.2, 0) is 9.53 Å². The average molecular weight is 441 g/mol. The van der Waals surface area contributed by atoms with Crippen LogP contribution >= 0.6 is 0 Å². The van der Waals surface area contributed by atoms with Gasteiger partial charge in [-0.2, -0.15) is 0 Å². The number of fused-ring (bicyclic) bond motifs is 1. The third kappa shape index (κ3) is 4.21. The van der Waals surface area contributed by atoms with Gasteiger partial charge in [0.25, 0.3) is 11.8 Å². The highest BCUT2D eigenvalue weighted by Crippen LogP contribution is 2.39. The largest absolute Gasteiger partial charge is 0.465 e. The Kier molecular flexibility index (Phi) is 5.95. The zero-order valence-electron chi connectivity index (χ0n) is 18.5. The molecule has 0 aliphatic carbocycles. The van der Waals surface area contributed by atoms with Crippen LogP contribution in [0.3, 0.4) is 0 Å². The first-order valence-electron chi connectivity index (χ1n) is 10.4. The number of rotatable bonds is 5. The van der Waals surface area contributed by atoms with Crippen LogP contribution in [0.15, 0.2) is 66.7 Å². The van der Waals surface area contributed by atoms with Crippen LogP contribution in [0.25, 0.3) is 11.3 Å². The Morgan fingerprint density at radius 2 is 1.64 bits per heavy atom. The normalized spacial score (nSPS) is 13.6. The fraction of sp³-hybridized carbons (Fsp3) is 0.115. The van der Waals surface area contributed by atoms with Gasteiger partial charge in [-0.05, 0) is 54.4 Å². The molecule has 1 aliphatic rings. The van der Waals surface area contributed by atoms with Crippen molar-refractivity contribution >= 4 is 40.4 Å². The number of carbonyl (C=O) groups is 3. The van der Waals surface area contributed by atoms with Gasteiger partial charge in [0.1, 0.15) is 0 Å². The van der Waals surface area contributed by atoms with Crippen LogP contribution in [0.4, 0.5) is 11.4 Å². The second kappa shape index (κ2) is 9.00. The fourth-order valence-corrected chi connectivity index (χ4v) is 3.78. The molecule has 0 aromatic heterocycles. The molecule has 0 saturated carbocycles. The molecule has 3 aromatic rings. The van der Waals surface area contributed by atoms with Gasteiger partial charge in [0.15, 0.2) is 0 Å². The topological polar surface area (TPSA) is 96.5 Å². The SMILES string of the molecule is CNC(=O)c1ccc(N/C(=C2\C(=O)Nc3cc(C(=O)OC)c(C)cc32)c2ccccc2)cc1. The highest BCUT2D eigenvalue weighted by Gasteiger charge is 2.30. The number of aryl methyl sites for hydroxylation is 1. The number of anilines is 2. The van der Waals surface area contributed by atoms with E-state index in [-0.39, 0.29) is 11.8 Å². The minimum absolute atomic E-state index is 0.177. The van der Waals surface area contributed by atoms with E-state index < -0.39 is 5.97 Å². The van der Waals surface area contributed by atoms with E-state index >= 15 is 0 Å². The van der Waals surface area contributed by atoms with E-state index in [2.05, 4.69) is 16.0 Å². The second-order valence-corrected chi connectivity index (χ2v) is 7.56. The monoisotopic (exact) mass is 441 g/mol. The lowest BCUT2D eigenvalue weighted by Crippen LogP contribution is -2.17. The number of hydrogen-bond donors (Lipinski definition) is 3. The summed E-state index contributed by atoms with van der Waals surface area (Å²) in [6.45, 7) is 1.81. The van der Waals surface area contributed by atoms with Crippen molar-refractivity contribution in [1.82, 2.24) is 5.32 Å². The van der Waals surface area contributed by atoms with Crippen molar-refractivity contribution in [2.24, 2.45) is 0 Å². The molecular formula is C26H23N3O4. The lowest BCUT2D eigenvalue weighted by molar-refractivity contribution is -0.110. The number of benzene rings is 3. The first kappa shape index (κ1) is 21.8. The third-order valence-electron chi connectivity index (χ3n) is 5.47. The molecule has 0 bridgehead atoms. The number of methoxy groups -OCH3 is 1. The zero-order valence-corrected chi connectivity index (χ0v) is 18.5. The minimum Gasteiger partial charge on any atom is -0.465 e. The van der Waals surface area contributed by atoms with Gasteiger partial charge in [-0.15, -0.1) is 0 Å². The van der Waals surface area contributed by atoms with Gasteiger partial charge in [-0.25, -0.2) is 4.79 Å². The summed E-state index contributed by atoms with van der Waals surface area (Å²) >= 11 is 0. The quantitative estimate of drug-likeness (QED) is 0.410. The maximum absolute atomic E-state index is 13.1. The van der Waals surface area contributed by atoms with E-state index in [9.17, 15) is 14.4 Å². The number of ether oxygens (including phenoxy) is 1. The summed E-state index contributed by atoms with van der Waals surface area (Å²) in [6.07, 6.45) is 0. The molecule has 33 heavy (non-hydrogen) atoms. The van der Waals surface area contributed by atoms with Crippen molar-refractivity contribution in [3.05, 3.63) is 94.5 Å². The van der Waals surface area contributed by atoms with Crippen molar-refractivity contribution in [1.29, 1.82) is 0 Å². The summed E-state index contributed by atoms with van der Waals surface area (Å²) in [5, 5.41) is 8.82. The van der Waals surface area contributed by atoms with Gasteiger partial charge >= 0.3 is 5.97 Å². The minimum atomic E-state index is -0.459. The average Bonchev–Trinajstić information content (AvgIpc) is 3.16. The van der Waals surface area contributed by atoms with Crippen molar-refractivity contribution < 1.29 is 19.1 Å². The maximum Gasteiger partial charge on any atom is 0.338 e. The van der Waals surface area contributed by atoms with Crippen molar-refractivity contribution in [3.63, 3.8) is 0 Å². The molecule has 0 unspecified atom stereocenters. The Morgan fingerprint density at radius 1 is 0.939 bits per heavy atom. The molecular weight excluding hydrogens is 418 g/mol. The van der Waals surface area contributed by atoms with Crippen LogP contribution in [0.2, 0.25) is 0 Å². The molecule has 1 aliphatic heterocycles. The number of nitrogens with one attached hydrogen (secondary N) is 3. The predicted molar refractivity (Wildman–Crippen MR) is 128 cm³/mol. The van der Waals surface area contributed by atoms with Gasteiger partial charge in [0, 0.05) is 23.9 Å². The molecule has 7 nitrogen and oxygen atoms in total. The van der Waals surface area contributed by atoms with Crippen LogP contribution in [-0.4, -0.2) is 31.9 Å². The van der Waals surface area contributed by atoms with Crippen LogP contribution in [0, 0.1) is 6.92 Å². The number of amides is 2. The van der Waals surface area contributed by atoms with Gasteiger partial charge < -0.3 is 20.7 Å². The predicted octanol–water partition coefficient (Wildman–Crippen LogP) is 4.07. The van der Waals surface area contributed by atoms with E-state index in [1.165, 1.54) is 7.11 Å².